The summed E-state index contributed by atoms with van der Waals surface area (Å²) in [4.78, 5) is 0. The normalized spacial score (nSPS) is 17.5. The molecule has 0 rings (SSSR count). The van der Waals surface area contributed by atoms with Crippen LogP contribution in [-0.4, -0.2) is 44.5 Å². The summed E-state index contributed by atoms with van der Waals surface area (Å²) in [5.74, 6) is -8.89. The van der Waals surface area contributed by atoms with Gasteiger partial charge < -0.3 is 0 Å². The lowest BCUT2D eigenvalue weighted by Gasteiger charge is -2.35. The summed E-state index contributed by atoms with van der Waals surface area (Å²) in [5, 5.41) is 4.38. The van der Waals surface area contributed by atoms with Crippen LogP contribution in [0, 0.1) is 11.8 Å². The molecule has 0 radical (unpaired) electrons. The number of hydrogen-bond donors (Lipinski definition) is 1. The fraction of sp³-hybridized carbons (Fsp3) is 1.00. The Hall–Kier alpha value is -1.00. The number of rotatable bonds is 7. The molecule has 0 aliphatic heterocycles. The van der Waals surface area contributed by atoms with Crippen LogP contribution in [0.2, 0.25) is 0 Å². The molecule has 0 aromatic rings. The molecule has 28 heavy (non-hydrogen) atoms. The van der Waals surface area contributed by atoms with Gasteiger partial charge in [-0.1, -0.05) is 0 Å². The average Bonchev–Trinajstić information content (AvgIpc) is 2.35. The summed E-state index contributed by atoms with van der Waals surface area (Å²) >= 11 is 0. The molecule has 0 aliphatic rings. The van der Waals surface area contributed by atoms with Crippen molar-refractivity contribution >= 4 is 10.0 Å². The van der Waals surface area contributed by atoms with Gasteiger partial charge in [-0.3, -0.25) is 0 Å². The van der Waals surface area contributed by atoms with Gasteiger partial charge in [0.1, 0.15) is 0 Å². The van der Waals surface area contributed by atoms with Crippen molar-refractivity contribution in [3.63, 3.8) is 0 Å². The van der Waals surface area contributed by atoms with E-state index in [1.807, 2.05) is 0 Å². The molecule has 170 valence electrons. The largest absolute Gasteiger partial charge is 0.431 e. The van der Waals surface area contributed by atoms with Gasteiger partial charge in [-0.25, -0.2) is 17.9 Å². The molecule has 0 spiro atoms. The Morgan fingerprint density at radius 2 is 1.04 bits per heavy atom. The van der Waals surface area contributed by atoms with Gasteiger partial charge in [0.05, 0.1) is 17.6 Å². The van der Waals surface area contributed by atoms with Crippen LogP contribution in [0.25, 0.3) is 0 Å². The third-order valence-corrected chi connectivity index (χ3v) is 4.48. The van der Waals surface area contributed by atoms with E-state index in [0.29, 0.717) is 0 Å². The van der Waals surface area contributed by atoms with Crippen LogP contribution < -0.4 is 5.14 Å². The number of hydrogen-bond acceptors (Lipinski definition) is 2. The zero-order chi connectivity index (χ0) is 23.0. The second-order valence-corrected chi connectivity index (χ2v) is 7.60. The molecule has 2 unspecified atom stereocenters. The van der Waals surface area contributed by atoms with Crippen LogP contribution in [0.3, 0.4) is 0 Å². The lowest BCUT2D eigenvalue weighted by Crippen LogP contribution is -2.55. The Kier molecular flexibility index (Phi) is 7.74. The number of sulfonamides is 1. The predicted octanol–water partition coefficient (Wildman–Crippen LogP) is 4.64. The van der Waals surface area contributed by atoms with E-state index in [1.165, 1.54) is 0 Å². The van der Waals surface area contributed by atoms with Crippen molar-refractivity contribution in [3.05, 3.63) is 0 Å². The highest BCUT2D eigenvalue weighted by atomic mass is 32.2. The first kappa shape index (κ1) is 27.0. The molecule has 0 fully saturated rings. The summed E-state index contributed by atoms with van der Waals surface area (Å²) < 4.78 is 186. The van der Waals surface area contributed by atoms with Crippen LogP contribution in [0.1, 0.15) is 19.3 Å². The Morgan fingerprint density at radius 1 is 0.679 bits per heavy atom. The Labute approximate surface area is 149 Å². The van der Waals surface area contributed by atoms with E-state index < -0.39 is 77.2 Å². The zero-order valence-electron chi connectivity index (χ0n) is 13.2. The molecule has 0 heterocycles. The highest BCUT2D eigenvalue weighted by Crippen LogP contribution is 2.53. The highest BCUT2D eigenvalue weighted by molar-refractivity contribution is 7.89. The Balaban J connectivity index is 5.97. The van der Waals surface area contributed by atoms with E-state index in [2.05, 4.69) is 5.14 Å². The molecular formula is C11H12F13NO2S. The van der Waals surface area contributed by atoms with Crippen molar-refractivity contribution in [2.45, 2.75) is 49.6 Å². The first-order valence-corrected chi connectivity index (χ1v) is 8.59. The minimum atomic E-state index is -6.90. The molecule has 2 N–H and O–H groups in total. The number of primary sulfonamides is 1. The molecule has 0 aromatic heterocycles. The maximum Gasteiger partial charge on any atom is 0.431 e. The summed E-state index contributed by atoms with van der Waals surface area (Å²) in [5.41, 5.74) is -6.43. The van der Waals surface area contributed by atoms with Crippen molar-refractivity contribution in [2.75, 3.05) is 5.75 Å². The standard InChI is InChI=1S/C11H12F13NO2S/c12-7(10(19,20)21,11(22,23)24)4-6(9(16,17)18)3-5(8(13,14)15)1-2-28(25,26)27/h5-6H,1-4H2,(H2,25,26,27). The lowest BCUT2D eigenvalue weighted by atomic mass is 9.83. The number of nitrogens with two attached hydrogens (primary N) is 1. The maximum absolute atomic E-state index is 13.6. The van der Waals surface area contributed by atoms with Crippen molar-refractivity contribution in [1.29, 1.82) is 0 Å². The molecule has 0 saturated carbocycles. The fourth-order valence-electron chi connectivity index (χ4n) is 2.13. The second-order valence-electron chi connectivity index (χ2n) is 5.87. The summed E-state index contributed by atoms with van der Waals surface area (Å²) in [6.07, 6.45) is -33.1. The quantitative estimate of drug-likeness (QED) is 0.553. The SMILES string of the molecule is NS(=O)(=O)CCC(CC(CC(F)(C(F)(F)F)C(F)(F)F)C(F)(F)F)C(F)(F)F. The van der Waals surface area contributed by atoms with Crippen molar-refractivity contribution in [2.24, 2.45) is 17.0 Å². The molecular weight excluding hydrogens is 457 g/mol. The molecule has 0 amide bonds. The van der Waals surface area contributed by atoms with Crippen LogP contribution in [0.4, 0.5) is 57.1 Å². The van der Waals surface area contributed by atoms with Crippen LogP contribution >= 0.6 is 0 Å². The van der Waals surface area contributed by atoms with Gasteiger partial charge in [-0.15, -0.1) is 0 Å². The smallest absolute Gasteiger partial charge is 0.229 e. The Morgan fingerprint density at radius 3 is 1.29 bits per heavy atom. The first-order valence-electron chi connectivity index (χ1n) is 6.88. The molecule has 17 heteroatoms. The number of alkyl halides is 13. The van der Waals surface area contributed by atoms with Crippen LogP contribution in [0.15, 0.2) is 0 Å². The number of halogens is 13. The van der Waals surface area contributed by atoms with Gasteiger partial charge in [0.25, 0.3) is 5.67 Å². The van der Waals surface area contributed by atoms with Gasteiger partial charge in [-0.05, 0) is 12.8 Å². The van der Waals surface area contributed by atoms with E-state index in [1.54, 1.807) is 0 Å². The maximum atomic E-state index is 13.6. The zero-order valence-corrected chi connectivity index (χ0v) is 14.0. The predicted molar refractivity (Wildman–Crippen MR) is 66.9 cm³/mol. The molecule has 3 nitrogen and oxygen atoms in total. The van der Waals surface area contributed by atoms with Gasteiger partial charge in [-0.2, -0.15) is 52.7 Å². The fourth-order valence-corrected chi connectivity index (χ4v) is 2.74. The van der Waals surface area contributed by atoms with Crippen molar-refractivity contribution < 1.29 is 65.5 Å². The van der Waals surface area contributed by atoms with Gasteiger partial charge in [0.2, 0.25) is 10.0 Å². The summed E-state index contributed by atoms with van der Waals surface area (Å²) in [6.45, 7) is 0. The monoisotopic (exact) mass is 469 g/mol. The molecule has 2 atom stereocenters. The second kappa shape index (κ2) is 8.02. The van der Waals surface area contributed by atoms with Gasteiger partial charge in [0, 0.05) is 6.42 Å². The van der Waals surface area contributed by atoms with Crippen LogP contribution in [0.5, 0.6) is 0 Å². The van der Waals surface area contributed by atoms with Gasteiger partial charge >= 0.3 is 24.7 Å². The minimum absolute atomic E-state index is 1.55. The Bertz CT molecular complexity index is 602. The molecule has 0 aromatic carbocycles. The van der Waals surface area contributed by atoms with Gasteiger partial charge in [0.15, 0.2) is 0 Å². The van der Waals surface area contributed by atoms with Crippen molar-refractivity contribution in [3.8, 4) is 0 Å². The molecule has 0 saturated heterocycles. The first-order chi connectivity index (χ1) is 11.9. The topological polar surface area (TPSA) is 60.2 Å². The summed E-state index contributed by atoms with van der Waals surface area (Å²) in [7, 11) is -4.65. The lowest BCUT2D eigenvalue weighted by molar-refractivity contribution is -0.353. The third kappa shape index (κ3) is 7.44. The molecule has 0 bridgehead atoms. The third-order valence-electron chi connectivity index (χ3n) is 3.67. The summed E-state index contributed by atoms with van der Waals surface area (Å²) in [6, 6.07) is 0. The average molecular weight is 469 g/mol. The van der Waals surface area contributed by atoms with E-state index in [9.17, 15) is 65.5 Å². The molecule has 0 aliphatic carbocycles. The van der Waals surface area contributed by atoms with E-state index in [4.69, 9.17) is 0 Å². The van der Waals surface area contributed by atoms with E-state index >= 15 is 0 Å². The highest BCUT2D eigenvalue weighted by Gasteiger charge is 2.74. The minimum Gasteiger partial charge on any atom is -0.229 e. The van der Waals surface area contributed by atoms with E-state index in [-0.39, 0.29) is 0 Å². The van der Waals surface area contributed by atoms with Crippen molar-refractivity contribution in [1.82, 2.24) is 0 Å². The van der Waals surface area contributed by atoms with Crippen LogP contribution in [-0.2, 0) is 10.0 Å². The van der Waals surface area contributed by atoms with E-state index in [0.717, 1.165) is 0 Å².